The third-order valence-electron chi connectivity index (χ3n) is 3.28. The molecule has 2 fully saturated rings. The van der Waals surface area contributed by atoms with E-state index in [0.717, 1.165) is 6.54 Å². The summed E-state index contributed by atoms with van der Waals surface area (Å²) in [4.78, 5) is 0. The molecule has 2 heteroatoms. The van der Waals surface area contributed by atoms with Crippen molar-refractivity contribution in [3.63, 3.8) is 0 Å². The molecule has 0 aromatic heterocycles. The van der Waals surface area contributed by atoms with Crippen LogP contribution in [-0.2, 0) is 0 Å². The summed E-state index contributed by atoms with van der Waals surface area (Å²) in [6.45, 7) is 4.61. The molecule has 1 aliphatic carbocycles. The normalized spacial score (nSPS) is 35.2. The van der Waals surface area contributed by atoms with E-state index in [0.29, 0.717) is 11.6 Å². The van der Waals surface area contributed by atoms with E-state index in [1.165, 1.54) is 38.6 Å². The smallest absolute Gasteiger partial charge is 0.0309 e. The van der Waals surface area contributed by atoms with Gasteiger partial charge in [-0.05, 0) is 19.8 Å². The van der Waals surface area contributed by atoms with E-state index in [4.69, 9.17) is 0 Å². The lowest BCUT2D eigenvalue weighted by Crippen LogP contribution is -2.63. The van der Waals surface area contributed by atoms with Gasteiger partial charge in [-0.25, -0.2) is 0 Å². The first-order chi connectivity index (χ1) is 5.81. The number of piperazine rings is 1. The van der Waals surface area contributed by atoms with Gasteiger partial charge in [0.15, 0.2) is 0 Å². The van der Waals surface area contributed by atoms with Gasteiger partial charge in [0.2, 0.25) is 0 Å². The molecule has 0 amide bonds. The molecule has 0 aromatic carbocycles. The highest BCUT2D eigenvalue weighted by molar-refractivity contribution is 4.97. The highest BCUT2D eigenvalue weighted by Crippen LogP contribution is 2.29. The summed E-state index contributed by atoms with van der Waals surface area (Å²) in [5.74, 6) is 0. The third kappa shape index (κ3) is 1.64. The van der Waals surface area contributed by atoms with E-state index < -0.39 is 0 Å². The van der Waals surface area contributed by atoms with Crippen LogP contribution in [-0.4, -0.2) is 24.7 Å². The summed E-state index contributed by atoms with van der Waals surface area (Å²) < 4.78 is 0. The minimum atomic E-state index is 0.468. The molecule has 70 valence electrons. The lowest BCUT2D eigenvalue weighted by molar-refractivity contribution is 0.172. The van der Waals surface area contributed by atoms with Crippen LogP contribution >= 0.6 is 0 Å². The van der Waals surface area contributed by atoms with Gasteiger partial charge in [-0.1, -0.05) is 19.3 Å². The molecule has 12 heavy (non-hydrogen) atoms. The zero-order chi connectivity index (χ0) is 8.44. The maximum Gasteiger partial charge on any atom is 0.0309 e. The Hall–Kier alpha value is -0.0800. The molecule has 2 rings (SSSR count). The van der Waals surface area contributed by atoms with Crippen molar-refractivity contribution >= 4 is 0 Å². The Morgan fingerprint density at radius 3 is 2.58 bits per heavy atom. The first-order valence-corrected chi connectivity index (χ1v) is 5.29. The quantitative estimate of drug-likeness (QED) is 0.569. The van der Waals surface area contributed by atoms with Crippen LogP contribution in [0.25, 0.3) is 0 Å². The molecule has 0 radical (unpaired) electrons. The van der Waals surface area contributed by atoms with Crippen molar-refractivity contribution in [3.8, 4) is 0 Å². The minimum Gasteiger partial charge on any atom is -0.313 e. The van der Waals surface area contributed by atoms with Crippen LogP contribution in [0.15, 0.2) is 0 Å². The second-order valence-corrected chi connectivity index (χ2v) is 4.52. The molecule has 2 aliphatic rings. The van der Waals surface area contributed by atoms with Crippen LogP contribution in [0.3, 0.4) is 0 Å². The standard InChI is InChI=1S/C10H20N2/c1-9-7-11-8-10(12-9)5-3-2-4-6-10/h9,11-12H,2-8H2,1H3/t9-/m1/s1. The largest absolute Gasteiger partial charge is 0.313 e. The molecule has 1 aliphatic heterocycles. The van der Waals surface area contributed by atoms with Crippen LogP contribution in [0.5, 0.6) is 0 Å². The van der Waals surface area contributed by atoms with E-state index in [2.05, 4.69) is 17.6 Å². The molecule has 1 saturated heterocycles. The summed E-state index contributed by atoms with van der Waals surface area (Å²) >= 11 is 0. The molecule has 1 atom stereocenters. The van der Waals surface area contributed by atoms with E-state index in [1.54, 1.807) is 0 Å². The van der Waals surface area contributed by atoms with Crippen molar-refractivity contribution in [2.45, 2.75) is 50.6 Å². The first kappa shape index (κ1) is 8.52. The highest BCUT2D eigenvalue weighted by Gasteiger charge is 2.34. The molecular formula is C10H20N2. The lowest BCUT2D eigenvalue weighted by Gasteiger charge is -2.44. The second-order valence-electron chi connectivity index (χ2n) is 4.52. The highest BCUT2D eigenvalue weighted by atomic mass is 15.1. The summed E-state index contributed by atoms with van der Waals surface area (Å²) in [6.07, 6.45) is 7.04. The van der Waals surface area contributed by atoms with Gasteiger partial charge in [-0.3, -0.25) is 0 Å². The van der Waals surface area contributed by atoms with Crippen LogP contribution < -0.4 is 10.6 Å². The SMILES string of the molecule is C[C@@H]1CNCC2(CCCCC2)N1. The Labute approximate surface area is 75.1 Å². The van der Waals surface area contributed by atoms with Gasteiger partial charge in [0.25, 0.3) is 0 Å². The molecule has 2 N–H and O–H groups in total. The Kier molecular flexibility index (Phi) is 2.37. The van der Waals surface area contributed by atoms with E-state index in [9.17, 15) is 0 Å². The fourth-order valence-corrected chi connectivity index (χ4v) is 2.70. The molecule has 0 unspecified atom stereocenters. The summed E-state index contributed by atoms with van der Waals surface area (Å²) in [6, 6.07) is 0.664. The summed E-state index contributed by atoms with van der Waals surface area (Å²) in [5, 5.41) is 7.30. The van der Waals surface area contributed by atoms with Crippen molar-refractivity contribution in [1.82, 2.24) is 10.6 Å². The Morgan fingerprint density at radius 1 is 1.17 bits per heavy atom. The number of rotatable bonds is 0. The Morgan fingerprint density at radius 2 is 1.92 bits per heavy atom. The van der Waals surface area contributed by atoms with Gasteiger partial charge >= 0.3 is 0 Å². The van der Waals surface area contributed by atoms with Crippen LogP contribution in [0.2, 0.25) is 0 Å². The number of nitrogens with one attached hydrogen (secondary N) is 2. The van der Waals surface area contributed by atoms with Gasteiger partial charge in [-0.2, -0.15) is 0 Å². The zero-order valence-corrected chi connectivity index (χ0v) is 8.03. The molecule has 2 nitrogen and oxygen atoms in total. The van der Waals surface area contributed by atoms with Crippen molar-refractivity contribution in [2.75, 3.05) is 13.1 Å². The van der Waals surface area contributed by atoms with Gasteiger partial charge < -0.3 is 10.6 Å². The van der Waals surface area contributed by atoms with Crippen LogP contribution in [0, 0.1) is 0 Å². The molecule has 1 saturated carbocycles. The second kappa shape index (κ2) is 3.35. The van der Waals surface area contributed by atoms with Crippen LogP contribution in [0.1, 0.15) is 39.0 Å². The third-order valence-corrected chi connectivity index (χ3v) is 3.28. The predicted molar refractivity (Wildman–Crippen MR) is 51.3 cm³/mol. The zero-order valence-electron chi connectivity index (χ0n) is 8.03. The summed E-state index contributed by atoms with van der Waals surface area (Å²) in [7, 11) is 0. The Bertz CT molecular complexity index is 144. The fourth-order valence-electron chi connectivity index (χ4n) is 2.70. The monoisotopic (exact) mass is 168 g/mol. The van der Waals surface area contributed by atoms with Crippen molar-refractivity contribution in [3.05, 3.63) is 0 Å². The molecule has 1 heterocycles. The van der Waals surface area contributed by atoms with Crippen LogP contribution in [0.4, 0.5) is 0 Å². The number of hydrogen-bond donors (Lipinski definition) is 2. The minimum absolute atomic E-state index is 0.468. The van der Waals surface area contributed by atoms with Crippen molar-refractivity contribution < 1.29 is 0 Å². The maximum atomic E-state index is 3.77. The molecule has 1 spiro atoms. The Balaban J connectivity index is 1.97. The number of hydrogen-bond acceptors (Lipinski definition) is 2. The van der Waals surface area contributed by atoms with Gasteiger partial charge in [-0.15, -0.1) is 0 Å². The average Bonchev–Trinajstić information content (AvgIpc) is 2.05. The van der Waals surface area contributed by atoms with Gasteiger partial charge in [0, 0.05) is 24.7 Å². The van der Waals surface area contributed by atoms with Crippen molar-refractivity contribution in [1.29, 1.82) is 0 Å². The lowest BCUT2D eigenvalue weighted by atomic mass is 9.80. The molecule has 0 aromatic rings. The van der Waals surface area contributed by atoms with E-state index in [1.807, 2.05) is 0 Å². The molecule has 0 bridgehead atoms. The van der Waals surface area contributed by atoms with E-state index >= 15 is 0 Å². The average molecular weight is 168 g/mol. The van der Waals surface area contributed by atoms with Gasteiger partial charge in [0.05, 0.1) is 0 Å². The van der Waals surface area contributed by atoms with Gasteiger partial charge in [0.1, 0.15) is 0 Å². The van der Waals surface area contributed by atoms with E-state index in [-0.39, 0.29) is 0 Å². The van der Waals surface area contributed by atoms with Crippen molar-refractivity contribution in [2.24, 2.45) is 0 Å². The first-order valence-electron chi connectivity index (χ1n) is 5.29. The summed E-state index contributed by atoms with van der Waals surface area (Å²) in [5.41, 5.74) is 0.468. The fraction of sp³-hybridized carbons (Fsp3) is 1.00. The predicted octanol–water partition coefficient (Wildman–Crippen LogP) is 1.27. The molecular weight excluding hydrogens is 148 g/mol. The topological polar surface area (TPSA) is 24.1 Å². The maximum absolute atomic E-state index is 3.77.